The molecule has 0 N–H and O–H groups in total. The first-order chi connectivity index (χ1) is 8.52. The molecular weight excluding hydrogens is 320 g/mol. The third-order valence-corrected chi connectivity index (χ3v) is 4.56. The fraction of sp³-hybridized carbons (Fsp3) is 0.500. The zero-order valence-electron chi connectivity index (χ0n) is 10.1. The summed E-state index contributed by atoms with van der Waals surface area (Å²) in [6.45, 7) is 2.27. The SMILES string of the molecule is CCCS(=O)(=O)O[C@@H]1OCCc2cc(Br)ccc21. The summed E-state index contributed by atoms with van der Waals surface area (Å²) in [5.74, 6) is 0.0126. The quantitative estimate of drug-likeness (QED) is 0.794. The third-order valence-electron chi connectivity index (χ3n) is 2.69. The van der Waals surface area contributed by atoms with Gasteiger partial charge in [-0.3, -0.25) is 0 Å². The molecule has 2 rings (SSSR count). The number of rotatable bonds is 4. The van der Waals surface area contributed by atoms with Crippen LogP contribution in [0.3, 0.4) is 0 Å². The highest BCUT2D eigenvalue weighted by molar-refractivity contribution is 9.10. The lowest BCUT2D eigenvalue weighted by atomic mass is 10.0. The van der Waals surface area contributed by atoms with E-state index >= 15 is 0 Å². The van der Waals surface area contributed by atoms with E-state index in [1.165, 1.54) is 0 Å². The summed E-state index contributed by atoms with van der Waals surface area (Å²) in [7, 11) is -3.52. The molecule has 0 unspecified atom stereocenters. The summed E-state index contributed by atoms with van der Waals surface area (Å²) in [4.78, 5) is 0. The Balaban J connectivity index is 2.23. The second-order valence-corrected chi connectivity index (χ2v) is 6.79. The zero-order valence-corrected chi connectivity index (χ0v) is 12.5. The maximum absolute atomic E-state index is 11.7. The molecular formula is C12H15BrO4S. The van der Waals surface area contributed by atoms with Crippen LogP contribution in [0.25, 0.3) is 0 Å². The maximum atomic E-state index is 11.7. The molecule has 18 heavy (non-hydrogen) atoms. The molecule has 0 saturated carbocycles. The molecule has 0 aliphatic carbocycles. The van der Waals surface area contributed by atoms with E-state index in [0.29, 0.717) is 13.0 Å². The number of hydrogen-bond donors (Lipinski definition) is 0. The predicted octanol–water partition coefficient (Wildman–Crippen LogP) is 2.78. The van der Waals surface area contributed by atoms with Crippen LogP contribution in [0.1, 0.15) is 30.8 Å². The van der Waals surface area contributed by atoms with Crippen molar-refractivity contribution in [3.05, 3.63) is 33.8 Å². The summed E-state index contributed by atoms with van der Waals surface area (Å²) in [6.07, 6.45) is 0.489. The normalized spacial score (nSPS) is 19.6. The van der Waals surface area contributed by atoms with Gasteiger partial charge in [0.25, 0.3) is 10.1 Å². The van der Waals surface area contributed by atoms with Crippen LogP contribution in [-0.4, -0.2) is 20.8 Å². The van der Waals surface area contributed by atoms with Crippen LogP contribution in [0.2, 0.25) is 0 Å². The Morgan fingerprint density at radius 3 is 3.00 bits per heavy atom. The van der Waals surface area contributed by atoms with Gasteiger partial charge < -0.3 is 4.74 Å². The van der Waals surface area contributed by atoms with E-state index in [2.05, 4.69) is 15.9 Å². The molecule has 0 amide bonds. The topological polar surface area (TPSA) is 52.6 Å². The molecule has 0 spiro atoms. The summed E-state index contributed by atoms with van der Waals surface area (Å²) in [6, 6.07) is 5.67. The van der Waals surface area contributed by atoms with Crippen LogP contribution in [-0.2, 0) is 25.5 Å². The second kappa shape index (κ2) is 5.69. The molecule has 4 nitrogen and oxygen atoms in total. The highest BCUT2D eigenvalue weighted by atomic mass is 79.9. The van der Waals surface area contributed by atoms with Gasteiger partial charge in [-0.1, -0.05) is 28.9 Å². The fourth-order valence-electron chi connectivity index (χ4n) is 1.90. The van der Waals surface area contributed by atoms with E-state index in [-0.39, 0.29) is 5.75 Å². The molecule has 1 aliphatic rings. The number of hydrogen-bond acceptors (Lipinski definition) is 4. The lowest BCUT2D eigenvalue weighted by molar-refractivity contribution is -0.0875. The highest BCUT2D eigenvalue weighted by Gasteiger charge is 2.26. The third kappa shape index (κ3) is 3.32. The predicted molar refractivity (Wildman–Crippen MR) is 71.7 cm³/mol. The lowest BCUT2D eigenvalue weighted by Gasteiger charge is -2.25. The summed E-state index contributed by atoms with van der Waals surface area (Å²) >= 11 is 3.40. The Kier molecular flexibility index (Phi) is 4.42. The molecule has 0 bridgehead atoms. The summed E-state index contributed by atoms with van der Waals surface area (Å²) in [5.41, 5.74) is 1.86. The average molecular weight is 335 g/mol. The first-order valence-electron chi connectivity index (χ1n) is 5.83. The molecule has 0 saturated heterocycles. The standard InChI is InChI=1S/C12H15BrO4S/c1-2-7-18(14,15)17-12-11-4-3-10(13)8-9(11)5-6-16-12/h3-4,8,12H,2,5-7H2,1H3/t12-/m0/s1. The van der Waals surface area contributed by atoms with Crippen molar-refractivity contribution in [3.8, 4) is 0 Å². The van der Waals surface area contributed by atoms with Crippen LogP contribution in [0.15, 0.2) is 22.7 Å². The molecule has 0 radical (unpaired) electrons. The second-order valence-electron chi connectivity index (χ2n) is 4.15. The summed E-state index contributed by atoms with van der Waals surface area (Å²) in [5, 5.41) is 0. The van der Waals surface area contributed by atoms with Crippen molar-refractivity contribution in [2.24, 2.45) is 0 Å². The van der Waals surface area contributed by atoms with Crippen LogP contribution in [0, 0.1) is 0 Å². The minimum absolute atomic E-state index is 0.0126. The van der Waals surface area contributed by atoms with E-state index in [1.807, 2.05) is 18.2 Å². The van der Waals surface area contributed by atoms with Crippen LogP contribution >= 0.6 is 15.9 Å². The molecule has 1 aromatic rings. The van der Waals surface area contributed by atoms with Gasteiger partial charge in [0.1, 0.15) is 0 Å². The molecule has 1 aromatic carbocycles. The van der Waals surface area contributed by atoms with Crippen LogP contribution in [0.4, 0.5) is 0 Å². The summed E-state index contributed by atoms with van der Waals surface area (Å²) < 4.78 is 34.8. The minimum atomic E-state index is -3.52. The van der Waals surface area contributed by atoms with Gasteiger partial charge in [-0.15, -0.1) is 0 Å². The van der Waals surface area contributed by atoms with Gasteiger partial charge in [-0.25, -0.2) is 4.18 Å². The molecule has 1 heterocycles. The average Bonchev–Trinajstić information content (AvgIpc) is 2.28. The van der Waals surface area contributed by atoms with Gasteiger partial charge in [-0.05, 0) is 30.5 Å². The van der Waals surface area contributed by atoms with Gasteiger partial charge >= 0.3 is 0 Å². The highest BCUT2D eigenvalue weighted by Crippen LogP contribution is 2.31. The molecule has 1 aliphatic heterocycles. The smallest absolute Gasteiger partial charge is 0.270 e. The van der Waals surface area contributed by atoms with Crippen molar-refractivity contribution in [1.29, 1.82) is 0 Å². The van der Waals surface area contributed by atoms with Crippen molar-refractivity contribution in [3.63, 3.8) is 0 Å². The van der Waals surface area contributed by atoms with Gasteiger partial charge in [0.15, 0.2) is 0 Å². The van der Waals surface area contributed by atoms with Crippen LogP contribution < -0.4 is 0 Å². The number of halogens is 1. The van der Waals surface area contributed by atoms with Crippen molar-refractivity contribution in [1.82, 2.24) is 0 Å². The molecule has 6 heteroatoms. The zero-order chi connectivity index (χ0) is 13.2. The number of ether oxygens (including phenoxy) is 1. The molecule has 0 aromatic heterocycles. The van der Waals surface area contributed by atoms with E-state index in [9.17, 15) is 8.42 Å². The first-order valence-corrected chi connectivity index (χ1v) is 8.20. The Labute approximate surface area is 116 Å². The van der Waals surface area contributed by atoms with Gasteiger partial charge in [0.2, 0.25) is 6.29 Å². The van der Waals surface area contributed by atoms with E-state index in [0.717, 1.165) is 22.0 Å². The Morgan fingerprint density at radius 1 is 1.50 bits per heavy atom. The van der Waals surface area contributed by atoms with E-state index < -0.39 is 16.4 Å². The number of fused-ring (bicyclic) bond motifs is 1. The minimum Gasteiger partial charge on any atom is -0.347 e. The Hall–Kier alpha value is -0.430. The van der Waals surface area contributed by atoms with E-state index in [1.54, 1.807) is 6.92 Å². The molecule has 0 fully saturated rings. The van der Waals surface area contributed by atoms with Gasteiger partial charge in [0, 0.05) is 10.0 Å². The van der Waals surface area contributed by atoms with Crippen molar-refractivity contribution < 1.29 is 17.3 Å². The number of benzene rings is 1. The largest absolute Gasteiger partial charge is 0.347 e. The first kappa shape index (κ1) is 14.0. The Morgan fingerprint density at radius 2 is 2.28 bits per heavy atom. The van der Waals surface area contributed by atoms with Crippen LogP contribution in [0.5, 0.6) is 0 Å². The Bertz CT molecular complexity index is 527. The fourth-order valence-corrected chi connectivity index (χ4v) is 3.33. The molecule has 1 atom stereocenters. The monoisotopic (exact) mass is 334 g/mol. The lowest BCUT2D eigenvalue weighted by Crippen LogP contribution is -2.22. The maximum Gasteiger partial charge on any atom is 0.270 e. The van der Waals surface area contributed by atoms with E-state index in [4.69, 9.17) is 8.92 Å². The van der Waals surface area contributed by atoms with Gasteiger partial charge in [-0.2, -0.15) is 8.42 Å². The van der Waals surface area contributed by atoms with Crippen molar-refractivity contribution in [2.45, 2.75) is 26.1 Å². The molecule has 100 valence electrons. The van der Waals surface area contributed by atoms with Gasteiger partial charge in [0.05, 0.1) is 12.4 Å². The van der Waals surface area contributed by atoms with Crippen molar-refractivity contribution >= 4 is 26.0 Å². The van der Waals surface area contributed by atoms with Crippen molar-refractivity contribution in [2.75, 3.05) is 12.4 Å².